The van der Waals surface area contributed by atoms with E-state index in [1.165, 1.54) is 12.3 Å². The highest BCUT2D eigenvalue weighted by Gasteiger charge is 2.06. The Morgan fingerprint density at radius 3 is 2.77 bits per heavy atom. The summed E-state index contributed by atoms with van der Waals surface area (Å²) in [4.78, 5) is 0. The summed E-state index contributed by atoms with van der Waals surface area (Å²) < 4.78 is 1.60. The Morgan fingerprint density at radius 2 is 1.95 bits per heavy atom. The number of nitrogens with one attached hydrogen (secondary N) is 1. The molecule has 0 unspecified atom stereocenters. The summed E-state index contributed by atoms with van der Waals surface area (Å²) in [5.74, 6) is 1.22. The molecule has 0 fully saturated rings. The lowest BCUT2D eigenvalue weighted by atomic mass is 10.1. The highest BCUT2D eigenvalue weighted by atomic mass is 16.3. The quantitative estimate of drug-likeness (QED) is 0.500. The van der Waals surface area contributed by atoms with Crippen LogP contribution in [-0.4, -0.2) is 36.2 Å². The van der Waals surface area contributed by atoms with Crippen molar-refractivity contribution in [1.82, 2.24) is 19.8 Å². The van der Waals surface area contributed by atoms with Gasteiger partial charge in [0.15, 0.2) is 17.3 Å². The molecule has 112 valence electrons. The highest BCUT2D eigenvalue weighted by molar-refractivity contribution is 5.85. The summed E-state index contributed by atoms with van der Waals surface area (Å²) in [6.45, 7) is 3.43. The maximum absolute atomic E-state index is 9.91. The average molecular weight is 298 g/mol. The summed E-state index contributed by atoms with van der Waals surface area (Å²) in [5, 5.41) is 35.6. The van der Waals surface area contributed by atoms with Gasteiger partial charge in [-0.1, -0.05) is 0 Å². The van der Waals surface area contributed by atoms with Gasteiger partial charge in [0, 0.05) is 11.1 Å². The summed E-state index contributed by atoms with van der Waals surface area (Å²) >= 11 is 0. The Balaban J connectivity index is 1.81. The third-order valence-electron chi connectivity index (χ3n) is 3.24. The number of aromatic hydroxyl groups is 2. The second-order valence-corrected chi connectivity index (χ2v) is 4.75. The van der Waals surface area contributed by atoms with Gasteiger partial charge in [-0.3, -0.25) is 5.43 Å². The lowest BCUT2D eigenvalue weighted by Crippen LogP contribution is -2.00. The molecule has 2 aromatic heterocycles. The van der Waals surface area contributed by atoms with E-state index in [1.54, 1.807) is 36.6 Å². The zero-order valence-corrected chi connectivity index (χ0v) is 12.0. The van der Waals surface area contributed by atoms with E-state index in [4.69, 9.17) is 0 Å². The first kappa shape index (κ1) is 13.8. The van der Waals surface area contributed by atoms with Gasteiger partial charge in [0.1, 0.15) is 11.5 Å². The standard InChI is InChI=1S/C14H14N6O2/c1-8-11(21)4-3-10(14(8)22)7-15-17-12-5-6-13-18-16-9(2)20(13)19-12/h3-7,21-22H,1-2H3,(H,17,19)/b15-7-. The molecular weight excluding hydrogens is 284 g/mol. The van der Waals surface area contributed by atoms with Crippen molar-refractivity contribution in [3.8, 4) is 11.5 Å². The first-order valence-electron chi connectivity index (χ1n) is 6.56. The van der Waals surface area contributed by atoms with Crippen LogP contribution in [0.1, 0.15) is 17.0 Å². The molecule has 2 heterocycles. The van der Waals surface area contributed by atoms with Crippen LogP contribution < -0.4 is 5.43 Å². The van der Waals surface area contributed by atoms with Gasteiger partial charge in [-0.05, 0) is 38.1 Å². The van der Waals surface area contributed by atoms with Crippen LogP contribution in [0.15, 0.2) is 29.4 Å². The summed E-state index contributed by atoms with van der Waals surface area (Å²) in [5.41, 5.74) is 4.32. The van der Waals surface area contributed by atoms with Gasteiger partial charge in [0.2, 0.25) is 0 Å². The van der Waals surface area contributed by atoms with Crippen LogP contribution >= 0.6 is 0 Å². The zero-order chi connectivity index (χ0) is 15.7. The van der Waals surface area contributed by atoms with Gasteiger partial charge < -0.3 is 10.2 Å². The second kappa shape index (κ2) is 5.32. The summed E-state index contributed by atoms with van der Waals surface area (Å²) in [6.07, 6.45) is 1.45. The fourth-order valence-corrected chi connectivity index (χ4v) is 1.94. The normalized spacial score (nSPS) is 11.4. The summed E-state index contributed by atoms with van der Waals surface area (Å²) in [7, 11) is 0. The number of hydrogen-bond acceptors (Lipinski definition) is 7. The number of nitrogens with zero attached hydrogens (tertiary/aromatic N) is 5. The first-order valence-corrected chi connectivity index (χ1v) is 6.56. The van der Waals surface area contributed by atoms with Crippen LogP contribution in [-0.2, 0) is 0 Å². The average Bonchev–Trinajstić information content (AvgIpc) is 2.88. The van der Waals surface area contributed by atoms with Crippen LogP contribution in [0.5, 0.6) is 11.5 Å². The predicted octanol–water partition coefficient (Wildman–Crippen LogP) is 1.60. The minimum absolute atomic E-state index is 0.0105. The van der Waals surface area contributed by atoms with E-state index in [1.807, 2.05) is 0 Å². The molecule has 0 aliphatic rings. The van der Waals surface area contributed by atoms with Crippen molar-refractivity contribution in [2.45, 2.75) is 13.8 Å². The number of aromatic nitrogens is 4. The lowest BCUT2D eigenvalue weighted by Gasteiger charge is -2.05. The topological polar surface area (TPSA) is 108 Å². The maximum atomic E-state index is 9.91. The molecule has 0 saturated heterocycles. The van der Waals surface area contributed by atoms with Gasteiger partial charge in [0.25, 0.3) is 0 Å². The smallest absolute Gasteiger partial charge is 0.178 e. The number of aryl methyl sites for hydroxylation is 1. The van der Waals surface area contributed by atoms with Crippen LogP contribution in [0, 0.1) is 13.8 Å². The Labute approximate surface area is 125 Å². The molecule has 3 aromatic rings. The predicted molar refractivity (Wildman–Crippen MR) is 81.2 cm³/mol. The van der Waals surface area contributed by atoms with Crippen molar-refractivity contribution in [1.29, 1.82) is 0 Å². The van der Waals surface area contributed by atoms with Crippen LogP contribution in [0.2, 0.25) is 0 Å². The monoisotopic (exact) mass is 298 g/mol. The van der Waals surface area contributed by atoms with Crippen molar-refractivity contribution in [2.24, 2.45) is 5.10 Å². The number of anilines is 1. The van der Waals surface area contributed by atoms with Crippen molar-refractivity contribution in [3.05, 3.63) is 41.2 Å². The molecule has 0 aliphatic carbocycles. The Hall–Kier alpha value is -3.16. The third kappa shape index (κ3) is 2.41. The van der Waals surface area contributed by atoms with E-state index in [0.29, 0.717) is 28.4 Å². The van der Waals surface area contributed by atoms with E-state index in [9.17, 15) is 10.2 Å². The molecule has 1 aromatic carbocycles. The zero-order valence-electron chi connectivity index (χ0n) is 12.0. The van der Waals surface area contributed by atoms with E-state index >= 15 is 0 Å². The van der Waals surface area contributed by atoms with Gasteiger partial charge in [-0.25, -0.2) is 0 Å². The Bertz CT molecular complexity index is 871. The second-order valence-electron chi connectivity index (χ2n) is 4.75. The highest BCUT2D eigenvalue weighted by Crippen LogP contribution is 2.28. The third-order valence-corrected chi connectivity index (χ3v) is 3.24. The number of phenols is 2. The lowest BCUT2D eigenvalue weighted by molar-refractivity contribution is 0.443. The molecule has 8 nitrogen and oxygen atoms in total. The molecule has 0 saturated carbocycles. The number of rotatable bonds is 3. The van der Waals surface area contributed by atoms with Gasteiger partial charge in [-0.2, -0.15) is 9.62 Å². The number of benzene rings is 1. The van der Waals surface area contributed by atoms with Gasteiger partial charge in [-0.15, -0.1) is 15.3 Å². The fraction of sp³-hybridized carbons (Fsp3) is 0.143. The minimum Gasteiger partial charge on any atom is -0.508 e. The molecule has 0 aliphatic heterocycles. The number of phenolic OH excluding ortho intramolecular Hbond substituents is 2. The number of fused-ring (bicyclic) bond motifs is 1. The molecule has 0 radical (unpaired) electrons. The first-order chi connectivity index (χ1) is 10.6. The van der Waals surface area contributed by atoms with Crippen LogP contribution in [0.3, 0.4) is 0 Å². The molecule has 22 heavy (non-hydrogen) atoms. The molecule has 3 N–H and O–H groups in total. The van der Waals surface area contributed by atoms with Crippen molar-refractivity contribution in [3.63, 3.8) is 0 Å². The number of hydrazone groups is 1. The van der Waals surface area contributed by atoms with Gasteiger partial charge >= 0.3 is 0 Å². The van der Waals surface area contributed by atoms with Gasteiger partial charge in [0.05, 0.1) is 6.21 Å². The van der Waals surface area contributed by atoms with E-state index in [0.717, 1.165) is 0 Å². The van der Waals surface area contributed by atoms with E-state index in [2.05, 4.69) is 25.8 Å². The van der Waals surface area contributed by atoms with Crippen LogP contribution in [0.4, 0.5) is 5.82 Å². The van der Waals surface area contributed by atoms with Crippen molar-refractivity contribution >= 4 is 17.7 Å². The Kier molecular flexibility index (Phi) is 3.34. The van der Waals surface area contributed by atoms with E-state index < -0.39 is 0 Å². The van der Waals surface area contributed by atoms with Crippen LogP contribution in [0.25, 0.3) is 5.65 Å². The Morgan fingerprint density at radius 1 is 1.14 bits per heavy atom. The van der Waals surface area contributed by atoms with Crippen molar-refractivity contribution < 1.29 is 10.2 Å². The van der Waals surface area contributed by atoms with Crippen molar-refractivity contribution in [2.75, 3.05) is 5.43 Å². The largest absolute Gasteiger partial charge is 0.508 e. The minimum atomic E-state index is -0.0105. The molecule has 8 heteroatoms. The fourth-order valence-electron chi connectivity index (χ4n) is 1.94. The SMILES string of the molecule is Cc1c(O)ccc(/C=N\Nc2ccc3nnc(C)n3n2)c1O. The van der Waals surface area contributed by atoms with E-state index in [-0.39, 0.29) is 11.5 Å². The molecular formula is C14H14N6O2. The molecule has 3 rings (SSSR count). The molecule has 0 amide bonds. The molecule has 0 spiro atoms. The number of hydrogen-bond donors (Lipinski definition) is 3. The molecule has 0 atom stereocenters. The summed E-state index contributed by atoms with van der Waals surface area (Å²) in [6, 6.07) is 6.57. The maximum Gasteiger partial charge on any atom is 0.178 e. The molecule has 0 bridgehead atoms.